The van der Waals surface area contributed by atoms with Gasteiger partial charge in [-0.3, -0.25) is 0 Å². The van der Waals surface area contributed by atoms with Crippen molar-refractivity contribution in [1.29, 1.82) is 0 Å². The van der Waals surface area contributed by atoms with Gasteiger partial charge in [-0.05, 0) is 56.0 Å². The predicted molar refractivity (Wildman–Crippen MR) is 71.4 cm³/mol. The normalized spacial score (nSPS) is 19.8. The van der Waals surface area contributed by atoms with E-state index < -0.39 is 0 Å². The molecule has 1 atom stereocenters. The number of hydrogen-bond donors (Lipinski definition) is 1. The summed E-state index contributed by atoms with van der Waals surface area (Å²) in [6, 6.07) is 6.11. The lowest BCUT2D eigenvalue weighted by Gasteiger charge is -2.10. The minimum absolute atomic E-state index is 0.624. The van der Waals surface area contributed by atoms with Gasteiger partial charge in [-0.25, -0.2) is 0 Å². The van der Waals surface area contributed by atoms with Crippen molar-refractivity contribution in [2.45, 2.75) is 26.4 Å². The van der Waals surface area contributed by atoms with Gasteiger partial charge in [0, 0.05) is 11.6 Å². The van der Waals surface area contributed by atoms with Crippen molar-refractivity contribution in [3.05, 3.63) is 34.3 Å². The topological polar surface area (TPSA) is 21.3 Å². The van der Waals surface area contributed by atoms with Crippen LogP contribution < -0.4 is 5.32 Å². The second kappa shape index (κ2) is 6.39. The molecule has 0 amide bonds. The van der Waals surface area contributed by atoms with E-state index in [9.17, 15) is 0 Å². The molecule has 2 nitrogen and oxygen atoms in total. The van der Waals surface area contributed by atoms with Gasteiger partial charge in [0.2, 0.25) is 0 Å². The third kappa shape index (κ3) is 3.98. The van der Waals surface area contributed by atoms with E-state index in [2.05, 4.69) is 17.4 Å². The lowest BCUT2D eigenvalue weighted by atomic mass is 10.1. The van der Waals surface area contributed by atoms with E-state index in [1.165, 1.54) is 12.0 Å². The fraction of sp³-hybridized carbons (Fsp3) is 0.571. The molecule has 1 aliphatic heterocycles. The van der Waals surface area contributed by atoms with Crippen LogP contribution in [0.1, 0.15) is 24.0 Å². The first-order chi connectivity index (χ1) is 8.25. The van der Waals surface area contributed by atoms with Crippen molar-refractivity contribution in [3.63, 3.8) is 0 Å². The van der Waals surface area contributed by atoms with Gasteiger partial charge in [0.15, 0.2) is 0 Å². The smallest absolute Gasteiger partial charge is 0.0731 e. The molecule has 3 heteroatoms. The van der Waals surface area contributed by atoms with E-state index in [0.717, 1.165) is 42.6 Å². The molecule has 1 aromatic carbocycles. The highest BCUT2D eigenvalue weighted by atomic mass is 35.5. The van der Waals surface area contributed by atoms with Gasteiger partial charge in [-0.15, -0.1) is 0 Å². The van der Waals surface area contributed by atoms with Gasteiger partial charge < -0.3 is 10.1 Å². The van der Waals surface area contributed by atoms with Gasteiger partial charge in [0.25, 0.3) is 0 Å². The van der Waals surface area contributed by atoms with Crippen LogP contribution in [-0.2, 0) is 11.3 Å². The van der Waals surface area contributed by atoms with Crippen LogP contribution in [0.4, 0.5) is 0 Å². The summed E-state index contributed by atoms with van der Waals surface area (Å²) in [4.78, 5) is 0. The van der Waals surface area contributed by atoms with Gasteiger partial charge in [-0.1, -0.05) is 23.7 Å². The van der Waals surface area contributed by atoms with Crippen molar-refractivity contribution in [2.75, 3.05) is 19.7 Å². The Kier molecular flexibility index (Phi) is 4.84. The molecule has 1 N–H and O–H groups in total. The quantitative estimate of drug-likeness (QED) is 0.814. The summed E-state index contributed by atoms with van der Waals surface area (Å²) < 4.78 is 5.69. The Morgan fingerprint density at radius 3 is 3.06 bits per heavy atom. The Hall–Kier alpha value is -0.570. The van der Waals surface area contributed by atoms with E-state index >= 15 is 0 Å². The van der Waals surface area contributed by atoms with Crippen LogP contribution in [0.5, 0.6) is 0 Å². The summed E-state index contributed by atoms with van der Waals surface area (Å²) in [6.45, 7) is 5.81. The molecule has 0 aromatic heterocycles. The first-order valence-corrected chi connectivity index (χ1v) is 6.67. The Labute approximate surface area is 108 Å². The zero-order valence-electron chi connectivity index (χ0n) is 10.3. The molecule has 17 heavy (non-hydrogen) atoms. The second-order valence-electron chi connectivity index (χ2n) is 4.79. The first-order valence-electron chi connectivity index (χ1n) is 6.29. The molecule has 2 rings (SSSR count). The van der Waals surface area contributed by atoms with Crippen LogP contribution in [0.15, 0.2) is 18.2 Å². The fourth-order valence-electron chi connectivity index (χ4n) is 2.16. The lowest BCUT2D eigenvalue weighted by molar-refractivity contribution is 0.109. The number of rotatable bonds is 5. The lowest BCUT2D eigenvalue weighted by Crippen LogP contribution is -2.10. The summed E-state index contributed by atoms with van der Waals surface area (Å²) in [6.07, 6.45) is 2.44. The molecule has 0 bridgehead atoms. The highest BCUT2D eigenvalue weighted by molar-refractivity contribution is 6.31. The number of halogens is 1. The maximum atomic E-state index is 6.15. The second-order valence-corrected chi connectivity index (χ2v) is 5.20. The van der Waals surface area contributed by atoms with E-state index in [1.807, 2.05) is 13.0 Å². The maximum Gasteiger partial charge on any atom is 0.0731 e. The van der Waals surface area contributed by atoms with E-state index in [0.29, 0.717) is 6.61 Å². The minimum Gasteiger partial charge on any atom is -0.377 e. The number of aryl methyl sites for hydroxylation is 1. The largest absolute Gasteiger partial charge is 0.377 e. The third-order valence-electron chi connectivity index (χ3n) is 3.30. The van der Waals surface area contributed by atoms with E-state index in [1.54, 1.807) is 0 Å². The van der Waals surface area contributed by atoms with Crippen molar-refractivity contribution in [1.82, 2.24) is 5.32 Å². The van der Waals surface area contributed by atoms with Gasteiger partial charge >= 0.3 is 0 Å². The van der Waals surface area contributed by atoms with Crippen molar-refractivity contribution >= 4 is 11.6 Å². The van der Waals surface area contributed by atoms with Gasteiger partial charge in [0.05, 0.1) is 6.61 Å². The number of benzene rings is 1. The summed E-state index contributed by atoms with van der Waals surface area (Å²) >= 11 is 6.15. The summed E-state index contributed by atoms with van der Waals surface area (Å²) in [5.41, 5.74) is 2.28. The average molecular weight is 254 g/mol. The third-order valence-corrected chi connectivity index (χ3v) is 3.65. The Morgan fingerprint density at radius 2 is 2.35 bits per heavy atom. The molecule has 0 aliphatic carbocycles. The van der Waals surface area contributed by atoms with E-state index in [-0.39, 0.29) is 0 Å². The van der Waals surface area contributed by atoms with Crippen molar-refractivity contribution < 1.29 is 4.74 Å². The number of hydrogen-bond acceptors (Lipinski definition) is 2. The molecule has 1 aliphatic rings. The zero-order chi connectivity index (χ0) is 12.1. The first kappa shape index (κ1) is 12.9. The minimum atomic E-state index is 0.624. The highest BCUT2D eigenvalue weighted by Crippen LogP contribution is 2.19. The standard InChI is InChI=1S/C14H20ClNO/c1-11-2-3-13(14(15)8-11)10-17-7-5-12-4-6-16-9-12/h2-3,8,12,16H,4-7,9-10H2,1H3. The molecular formula is C14H20ClNO. The summed E-state index contributed by atoms with van der Waals surface area (Å²) in [5, 5.41) is 4.18. The fourth-order valence-corrected chi connectivity index (χ4v) is 2.45. The molecule has 94 valence electrons. The van der Waals surface area contributed by atoms with Crippen LogP contribution in [-0.4, -0.2) is 19.7 Å². The molecule has 0 spiro atoms. The average Bonchev–Trinajstić information content (AvgIpc) is 2.79. The van der Waals surface area contributed by atoms with Crippen LogP contribution in [0.25, 0.3) is 0 Å². The summed E-state index contributed by atoms with van der Waals surface area (Å²) in [5.74, 6) is 0.795. The SMILES string of the molecule is Cc1ccc(COCCC2CCNC2)c(Cl)c1. The molecule has 1 unspecified atom stereocenters. The molecule has 1 heterocycles. The van der Waals surface area contributed by atoms with Crippen molar-refractivity contribution in [3.8, 4) is 0 Å². The van der Waals surface area contributed by atoms with E-state index in [4.69, 9.17) is 16.3 Å². The predicted octanol–water partition coefficient (Wildman–Crippen LogP) is 3.16. The Bertz CT molecular complexity index is 361. The molecule has 0 radical (unpaired) electrons. The van der Waals surface area contributed by atoms with Crippen LogP contribution >= 0.6 is 11.6 Å². The Morgan fingerprint density at radius 1 is 1.47 bits per heavy atom. The van der Waals surface area contributed by atoms with Crippen molar-refractivity contribution in [2.24, 2.45) is 5.92 Å². The molecular weight excluding hydrogens is 234 g/mol. The van der Waals surface area contributed by atoms with Gasteiger partial charge in [0.1, 0.15) is 0 Å². The maximum absolute atomic E-state index is 6.15. The van der Waals surface area contributed by atoms with Crippen LogP contribution in [0.2, 0.25) is 5.02 Å². The van der Waals surface area contributed by atoms with Gasteiger partial charge in [-0.2, -0.15) is 0 Å². The monoisotopic (exact) mass is 253 g/mol. The Balaban J connectivity index is 1.70. The molecule has 1 aromatic rings. The molecule has 0 saturated carbocycles. The van der Waals surface area contributed by atoms with Crippen LogP contribution in [0, 0.1) is 12.8 Å². The highest BCUT2D eigenvalue weighted by Gasteiger charge is 2.13. The molecule has 1 fully saturated rings. The number of ether oxygens (including phenoxy) is 1. The molecule has 1 saturated heterocycles. The number of nitrogens with one attached hydrogen (secondary N) is 1. The zero-order valence-corrected chi connectivity index (χ0v) is 11.1. The van der Waals surface area contributed by atoms with Crippen LogP contribution in [0.3, 0.4) is 0 Å². The summed E-state index contributed by atoms with van der Waals surface area (Å²) in [7, 11) is 0.